The standard InChI is InChI=1S/C7H15N.2C2H6/c1-3-7-4-5-8(2)6-7;2*1-2/h7H,3-6H2,1-2H3;2*1-2H3. The van der Waals surface area contributed by atoms with Crippen molar-refractivity contribution < 1.29 is 0 Å². The van der Waals surface area contributed by atoms with Gasteiger partial charge in [0.25, 0.3) is 0 Å². The van der Waals surface area contributed by atoms with Crippen LogP contribution in [0.2, 0.25) is 0 Å². The Labute approximate surface area is 79.2 Å². The Hall–Kier alpha value is -0.0400. The molecule has 1 fully saturated rings. The smallest absolute Gasteiger partial charge is 0.000698 e. The molecule has 1 unspecified atom stereocenters. The lowest BCUT2D eigenvalue weighted by molar-refractivity contribution is 0.392. The first kappa shape index (κ1) is 14.5. The highest BCUT2D eigenvalue weighted by molar-refractivity contribution is 4.70. The molecule has 0 saturated carbocycles. The predicted molar refractivity (Wildman–Crippen MR) is 58.6 cm³/mol. The van der Waals surface area contributed by atoms with E-state index < -0.39 is 0 Å². The molecule has 0 aromatic rings. The van der Waals surface area contributed by atoms with Crippen LogP contribution in [0.5, 0.6) is 0 Å². The zero-order valence-corrected chi connectivity index (χ0v) is 9.85. The third kappa shape index (κ3) is 6.66. The summed E-state index contributed by atoms with van der Waals surface area (Å²) in [7, 11) is 2.20. The molecule has 0 spiro atoms. The highest BCUT2D eigenvalue weighted by Crippen LogP contribution is 2.16. The first-order chi connectivity index (χ1) is 5.83. The van der Waals surface area contributed by atoms with Crippen molar-refractivity contribution in [2.24, 2.45) is 5.92 Å². The molecule has 12 heavy (non-hydrogen) atoms. The molecule has 0 bridgehead atoms. The normalized spacial score (nSPS) is 22.0. The Bertz CT molecular complexity index is 71.4. The van der Waals surface area contributed by atoms with Crippen LogP contribution in [-0.2, 0) is 0 Å². The number of hydrogen-bond acceptors (Lipinski definition) is 1. The fourth-order valence-corrected chi connectivity index (χ4v) is 1.36. The van der Waals surface area contributed by atoms with Gasteiger partial charge in [-0.25, -0.2) is 0 Å². The molecule has 76 valence electrons. The van der Waals surface area contributed by atoms with E-state index in [0.29, 0.717) is 0 Å². The third-order valence-electron chi connectivity index (χ3n) is 2.07. The first-order valence-corrected chi connectivity index (χ1v) is 5.51. The van der Waals surface area contributed by atoms with Crippen molar-refractivity contribution in [2.45, 2.75) is 47.5 Å². The average molecular weight is 173 g/mol. The van der Waals surface area contributed by atoms with Crippen molar-refractivity contribution in [3.05, 3.63) is 0 Å². The summed E-state index contributed by atoms with van der Waals surface area (Å²) in [6, 6.07) is 0. The maximum absolute atomic E-state index is 2.41. The third-order valence-corrected chi connectivity index (χ3v) is 2.07. The summed E-state index contributed by atoms with van der Waals surface area (Å²) < 4.78 is 0. The number of likely N-dealkylation sites (tertiary alicyclic amines) is 1. The molecule has 1 heterocycles. The van der Waals surface area contributed by atoms with Crippen LogP contribution in [0.25, 0.3) is 0 Å². The van der Waals surface area contributed by atoms with Gasteiger partial charge in [0.1, 0.15) is 0 Å². The molecule has 0 radical (unpaired) electrons. The Morgan fingerprint density at radius 2 is 1.67 bits per heavy atom. The van der Waals surface area contributed by atoms with E-state index in [0.717, 1.165) is 5.92 Å². The van der Waals surface area contributed by atoms with Crippen molar-refractivity contribution in [3.8, 4) is 0 Å². The van der Waals surface area contributed by atoms with E-state index in [9.17, 15) is 0 Å². The van der Waals surface area contributed by atoms with Gasteiger partial charge in [-0.05, 0) is 25.9 Å². The number of hydrogen-bond donors (Lipinski definition) is 0. The Morgan fingerprint density at radius 1 is 1.17 bits per heavy atom. The molecule has 0 amide bonds. The minimum Gasteiger partial charge on any atom is -0.306 e. The van der Waals surface area contributed by atoms with E-state index >= 15 is 0 Å². The van der Waals surface area contributed by atoms with E-state index in [1.54, 1.807) is 0 Å². The fourth-order valence-electron chi connectivity index (χ4n) is 1.36. The molecule has 1 heteroatoms. The van der Waals surface area contributed by atoms with E-state index in [1.165, 1.54) is 25.9 Å². The predicted octanol–water partition coefficient (Wildman–Crippen LogP) is 3.40. The second-order valence-electron chi connectivity index (χ2n) is 2.83. The molecule has 0 aromatic heterocycles. The van der Waals surface area contributed by atoms with Crippen molar-refractivity contribution in [3.63, 3.8) is 0 Å². The summed E-state index contributed by atoms with van der Waals surface area (Å²) in [6.07, 6.45) is 2.79. The van der Waals surface area contributed by atoms with E-state index in [-0.39, 0.29) is 0 Å². The molecule has 0 aromatic carbocycles. The van der Waals surface area contributed by atoms with E-state index in [2.05, 4.69) is 18.9 Å². The second-order valence-corrected chi connectivity index (χ2v) is 2.83. The van der Waals surface area contributed by atoms with Gasteiger partial charge in [0.05, 0.1) is 0 Å². The highest BCUT2D eigenvalue weighted by Gasteiger charge is 2.16. The lowest BCUT2D eigenvalue weighted by Crippen LogP contribution is -2.13. The van der Waals surface area contributed by atoms with Gasteiger partial charge in [0, 0.05) is 6.54 Å². The summed E-state index contributed by atoms with van der Waals surface area (Å²) in [4.78, 5) is 2.41. The van der Waals surface area contributed by atoms with Gasteiger partial charge in [-0.3, -0.25) is 0 Å². The van der Waals surface area contributed by atoms with Crippen molar-refractivity contribution in [1.82, 2.24) is 4.90 Å². The summed E-state index contributed by atoms with van der Waals surface area (Å²) in [5.74, 6) is 1.000. The van der Waals surface area contributed by atoms with Crippen molar-refractivity contribution in [2.75, 3.05) is 20.1 Å². The molecular formula is C11H27N. The van der Waals surface area contributed by atoms with Crippen LogP contribution in [0.3, 0.4) is 0 Å². The van der Waals surface area contributed by atoms with Crippen LogP contribution >= 0.6 is 0 Å². The zero-order chi connectivity index (χ0) is 9.98. The molecule has 0 N–H and O–H groups in total. The van der Waals surface area contributed by atoms with Crippen LogP contribution < -0.4 is 0 Å². The highest BCUT2D eigenvalue weighted by atomic mass is 15.1. The van der Waals surface area contributed by atoms with Crippen LogP contribution in [0.15, 0.2) is 0 Å². The van der Waals surface area contributed by atoms with Crippen LogP contribution in [0, 0.1) is 5.92 Å². The largest absolute Gasteiger partial charge is 0.306 e. The summed E-state index contributed by atoms with van der Waals surface area (Å²) in [5, 5.41) is 0. The molecule has 1 atom stereocenters. The number of nitrogens with zero attached hydrogens (tertiary/aromatic N) is 1. The fraction of sp³-hybridized carbons (Fsp3) is 1.00. The molecule has 1 saturated heterocycles. The summed E-state index contributed by atoms with van der Waals surface area (Å²) in [6.45, 7) is 12.9. The molecule has 0 aliphatic carbocycles. The lowest BCUT2D eigenvalue weighted by atomic mass is 10.1. The van der Waals surface area contributed by atoms with Crippen LogP contribution in [0.4, 0.5) is 0 Å². The van der Waals surface area contributed by atoms with Crippen LogP contribution in [0.1, 0.15) is 47.5 Å². The van der Waals surface area contributed by atoms with Gasteiger partial charge in [-0.1, -0.05) is 41.0 Å². The maximum Gasteiger partial charge on any atom is 0.000698 e. The monoisotopic (exact) mass is 173 g/mol. The van der Waals surface area contributed by atoms with E-state index in [1.807, 2.05) is 27.7 Å². The summed E-state index contributed by atoms with van der Waals surface area (Å²) in [5.41, 5.74) is 0. The average Bonchev–Trinajstić information content (AvgIpc) is 2.58. The van der Waals surface area contributed by atoms with Crippen molar-refractivity contribution >= 4 is 0 Å². The van der Waals surface area contributed by atoms with Gasteiger partial charge >= 0.3 is 0 Å². The van der Waals surface area contributed by atoms with Gasteiger partial charge in [-0.2, -0.15) is 0 Å². The minimum absolute atomic E-state index is 1.000. The molecule has 1 aliphatic rings. The molecule has 1 nitrogen and oxygen atoms in total. The first-order valence-electron chi connectivity index (χ1n) is 5.51. The van der Waals surface area contributed by atoms with Gasteiger partial charge < -0.3 is 4.90 Å². The van der Waals surface area contributed by atoms with Gasteiger partial charge in [0.15, 0.2) is 0 Å². The second kappa shape index (κ2) is 11.0. The Kier molecular flexibility index (Phi) is 13.2. The maximum atomic E-state index is 2.41. The lowest BCUT2D eigenvalue weighted by Gasteiger charge is -2.05. The SMILES string of the molecule is CC.CC.CCC1CCN(C)C1. The van der Waals surface area contributed by atoms with E-state index in [4.69, 9.17) is 0 Å². The minimum atomic E-state index is 1.000. The molecule has 1 aliphatic heterocycles. The molecule has 1 rings (SSSR count). The zero-order valence-electron chi connectivity index (χ0n) is 9.85. The van der Waals surface area contributed by atoms with Gasteiger partial charge in [-0.15, -0.1) is 0 Å². The van der Waals surface area contributed by atoms with Crippen LogP contribution in [-0.4, -0.2) is 25.0 Å². The van der Waals surface area contributed by atoms with Gasteiger partial charge in [0.2, 0.25) is 0 Å². The quantitative estimate of drug-likeness (QED) is 0.587. The number of rotatable bonds is 1. The Morgan fingerprint density at radius 3 is 1.83 bits per heavy atom. The van der Waals surface area contributed by atoms with Crippen molar-refractivity contribution in [1.29, 1.82) is 0 Å². The summed E-state index contributed by atoms with van der Waals surface area (Å²) >= 11 is 0. The topological polar surface area (TPSA) is 3.24 Å². The Balaban J connectivity index is 0. The molecular weight excluding hydrogens is 146 g/mol.